The van der Waals surface area contributed by atoms with E-state index in [0.29, 0.717) is 19.2 Å². The van der Waals surface area contributed by atoms with E-state index in [0.717, 1.165) is 48.0 Å². The zero-order chi connectivity index (χ0) is 23.9. The standard InChI is InChI=1S/C22H30N6O3/c1-14(11-30-2)25-22-23-9-21-19(16-8-24-27(10-16)17-12-31-13-17)7-20(28(21)26-22)15-3-5-18(29)6-4-15/h7-10,14-15,17-18,29H,3-6,11-13H2,1-2H3,(H,25,26)/t14-,15?,18?/m0/s1/i2D3. The van der Waals surface area contributed by atoms with Gasteiger partial charge >= 0.3 is 0 Å². The quantitative estimate of drug-likeness (QED) is 0.596. The zero-order valence-electron chi connectivity index (χ0n) is 20.6. The molecule has 3 aromatic heterocycles. The van der Waals surface area contributed by atoms with Crippen molar-refractivity contribution in [3.63, 3.8) is 0 Å². The fourth-order valence-corrected chi connectivity index (χ4v) is 4.41. The highest BCUT2D eigenvalue weighted by Gasteiger charge is 2.27. The molecule has 166 valence electrons. The van der Waals surface area contributed by atoms with Crippen molar-refractivity contribution >= 4 is 11.5 Å². The summed E-state index contributed by atoms with van der Waals surface area (Å²) in [5, 5.41) is 22.4. The van der Waals surface area contributed by atoms with Crippen LogP contribution in [0.2, 0.25) is 0 Å². The SMILES string of the molecule is [2H]C([2H])([2H])OC[C@H](C)Nc1ncc2c(-c3cnn(C4COC4)c3)cc(C3CCC(O)CC3)n2n1. The summed E-state index contributed by atoms with van der Waals surface area (Å²) < 4.78 is 35.7. The molecule has 2 aliphatic rings. The second-order valence-corrected chi connectivity index (χ2v) is 8.62. The van der Waals surface area contributed by atoms with E-state index in [2.05, 4.69) is 21.5 Å². The summed E-state index contributed by atoms with van der Waals surface area (Å²) in [6.45, 7) is 3.18. The number of methoxy groups -OCH3 is 1. The number of hydrogen-bond donors (Lipinski definition) is 2. The number of ether oxygens (including phenoxy) is 2. The maximum absolute atomic E-state index is 9.99. The average molecular weight is 430 g/mol. The second kappa shape index (κ2) is 8.57. The third kappa shape index (κ3) is 4.05. The molecule has 1 saturated heterocycles. The third-order valence-electron chi connectivity index (χ3n) is 6.28. The van der Waals surface area contributed by atoms with Crippen molar-refractivity contribution in [3.05, 3.63) is 30.4 Å². The van der Waals surface area contributed by atoms with E-state index in [9.17, 15) is 5.11 Å². The lowest BCUT2D eigenvalue weighted by molar-refractivity contribution is -0.0286. The minimum absolute atomic E-state index is 0.00621. The molecule has 0 amide bonds. The molecule has 1 saturated carbocycles. The maximum atomic E-state index is 9.99. The van der Waals surface area contributed by atoms with Crippen LogP contribution in [0, 0.1) is 0 Å². The van der Waals surface area contributed by atoms with Crippen LogP contribution in [0.15, 0.2) is 24.7 Å². The van der Waals surface area contributed by atoms with Gasteiger partial charge in [0, 0.05) is 42.0 Å². The maximum Gasteiger partial charge on any atom is 0.241 e. The molecule has 2 N–H and O–H groups in total. The van der Waals surface area contributed by atoms with Gasteiger partial charge in [0.05, 0.1) is 54.0 Å². The van der Waals surface area contributed by atoms with Gasteiger partial charge in [-0.15, -0.1) is 5.10 Å². The van der Waals surface area contributed by atoms with Crippen molar-refractivity contribution < 1.29 is 18.7 Å². The fourth-order valence-electron chi connectivity index (χ4n) is 4.41. The molecule has 0 aromatic carbocycles. The molecule has 9 nitrogen and oxygen atoms in total. The number of nitrogens with zero attached hydrogens (tertiary/aromatic N) is 5. The van der Waals surface area contributed by atoms with Crippen molar-refractivity contribution in [2.45, 2.75) is 56.7 Å². The smallest absolute Gasteiger partial charge is 0.241 e. The number of nitrogens with one attached hydrogen (secondary N) is 1. The molecular formula is C22H30N6O3. The highest BCUT2D eigenvalue weighted by molar-refractivity contribution is 5.81. The Morgan fingerprint density at radius 1 is 1.32 bits per heavy atom. The summed E-state index contributed by atoms with van der Waals surface area (Å²) in [6, 6.07) is 2.15. The van der Waals surface area contributed by atoms with Crippen LogP contribution in [0.3, 0.4) is 0 Å². The lowest BCUT2D eigenvalue weighted by Crippen LogP contribution is -2.30. The van der Waals surface area contributed by atoms with Crippen molar-refractivity contribution in [1.82, 2.24) is 24.4 Å². The first-order chi connectivity index (χ1) is 16.3. The summed E-state index contributed by atoms with van der Waals surface area (Å²) in [4.78, 5) is 4.49. The predicted molar refractivity (Wildman–Crippen MR) is 116 cm³/mol. The number of anilines is 1. The monoisotopic (exact) mass is 429 g/mol. The molecule has 1 aliphatic heterocycles. The van der Waals surface area contributed by atoms with Crippen molar-refractivity contribution in [1.29, 1.82) is 0 Å². The van der Waals surface area contributed by atoms with Gasteiger partial charge in [-0.05, 0) is 38.7 Å². The summed E-state index contributed by atoms with van der Waals surface area (Å²) >= 11 is 0. The fraction of sp³-hybridized carbons (Fsp3) is 0.591. The molecule has 4 heterocycles. The van der Waals surface area contributed by atoms with Crippen molar-refractivity contribution in [2.24, 2.45) is 0 Å². The Balaban J connectivity index is 1.46. The molecule has 0 unspecified atom stereocenters. The molecule has 1 atom stereocenters. The van der Waals surface area contributed by atoms with E-state index in [1.165, 1.54) is 0 Å². The number of rotatable bonds is 7. The highest BCUT2D eigenvalue weighted by Crippen LogP contribution is 2.37. The Morgan fingerprint density at radius 3 is 2.90 bits per heavy atom. The number of hydrogen-bond acceptors (Lipinski definition) is 7. The first-order valence-electron chi connectivity index (χ1n) is 12.4. The summed E-state index contributed by atoms with van der Waals surface area (Å²) in [6.07, 6.45) is 8.77. The van der Waals surface area contributed by atoms with Crippen LogP contribution in [0.25, 0.3) is 16.6 Å². The predicted octanol–water partition coefficient (Wildman–Crippen LogP) is 2.63. The van der Waals surface area contributed by atoms with E-state index in [4.69, 9.17) is 18.7 Å². The number of aliphatic hydroxyl groups is 1. The molecule has 31 heavy (non-hydrogen) atoms. The van der Waals surface area contributed by atoms with Crippen LogP contribution in [0.1, 0.15) is 54.4 Å². The molecule has 0 spiro atoms. The minimum atomic E-state index is -2.44. The number of aliphatic hydroxyl groups excluding tert-OH is 1. The van der Waals surface area contributed by atoms with Gasteiger partial charge < -0.3 is 19.9 Å². The molecule has 5 rings (SSSR count). The third-order valence-corrected chi connectivity index (χ3v) is 6.28. The summed E-state index contributed by atoms with van der Waals surface area (Å²) in [5.41, 5.74) is 3.96. The lowest BCUT2D eigenvalue weighted by atomic mass is 9.85. The van der Waals surface area contributed by atoms with Gasteiger partial charge in [0.15, 0.2) is 0 Å². The van der Waals surface area contributed by atoms with E-state index < -0.39 is 7.04 Å². The van der Waals surface area contributed by atoms with Gasteiger partial charge in [-0.2, -0.15) is 5.10 Å². The molecule has 1 aliphatic carbocycles. The van der Waals surface area contributed by atoms with Gasteiger partial charge in [0.2, 0.25) is 5.95 Å². The highest BCUT2D eigenvalue weighted by atomic mass is 16.5. The van der Waals surface area contributed by atoms with Gasteiger partial charge in [-0.3, -0.25) is 4.68 Å². The van der Waals surface area contributed by atoms with Crippen LogP contribution in [-0.4, -0.2) is 68.5 Å². The Labute approximate surface area is 185 Å². The summed E-state index contributed by atoms with van der Waals surface area (Å²) in [7, 11) is -2.44. The number of fused-ring (bicyclic) bond motifs is 1. The molecule has 3 aromatic rings. The van der Waals surface area contributed by atoms with Crippen LogP contribution in [0.5, 0.6) is 0 Å². The first kappa shape index (κ1) is 17.1. The van der Waals surface area contributed by atoms with E-state index in [-0.39, 0.29) is 30.7 Å². The normalized spacial score (nSPS) is 24.9. The van der Waals surface area contributed by atoms with E-state index >= 15 is 0 Å². The first-order valence-corrected chi connectivity index (χ1v) is 10.9. The van der Waals surface area contributed by atoms with Crippen LogP contribution >= 0.6 is 0 Å². The van der Waals surface area contributed by atoms with Crippen LogP contribution < -0.4 is 5.32 Å². The van der Waals surface area contributed by atoms with Crippen LogP contribution in [-0.2, 0) is 9.47 Å². The van der Waals surface area contributed by atoms with E-state index in [1.807, 2.05) is 28.5 Å². The minimum Gasteiger partial charge on any atom is -0.393 e. The molecular weight excluding hydrogens is 396 g/mol. The van der Waals surface area contributed by atoms with Gasteiger partial charge in [-0.1, -0.05) is 0 Å². The largest absolute Gasteiger partial charge is 0.393 e. The average Bonchev–Trinajstić information content (AvgIpc) is 3.36. The van der Waals surface area contributed by atoms with Crippen LogP contribution in [0.4, 0.5) is 5.95 Å². The molecule has 0 bridgehead atoms. The van der Waals surface area contributed by atoms with Crippen molar-refractivity contribution in [2.75, 3.05) is 32.2 Å². The summed E-state index contributed by atoms with van der Waals surface area (Å²) in [5.74, 6) is 0.675. The molecule has 2 fully saturated rings. The molecule has 9 heteroatoms. The molecule has 0 radical (unpaired) electrons. The van der Waals surface area contributed by atoms with Crippen molar-refractivity contribution in [3.8, 4) is 11.1 Å². The Bertz CT molecular complexity index is 1130. The Kier molecular flexibility index (Phi) is 4.73. The number of aromatic nitrogens is 5. The zero-order valence-corrected chi connectivity index (χ0v) is 17.6. The van der Waals surface area contributed by atoms with E-state index in [1.54, 1.807) is 6.20 Å². The lowest BCUT2D eigenvalue weighted by Gasteiger charge is -2.25. The Morgan fingerprint density at radius 2 is 2.16 bits per heavy atom. The second-order valence-electron chi connectivity index (χ2n) is 8.62. The topological polar surface area (TPSA) is 98.7 Å². The Hall–Kier alpha value is -2.49. The van der Waals surface area contributed by atoms with Gasteiger partial charge in [-0.25, -0.2) is 9.50 Å². The van der Waals surface area contributed by atoms with Gasteiger partial charge in [0.1, 0.15) is 0 Å². The van der Waals surface area contributed by atoms with Gasteiger partial charge in [0.25, 0.3) is 0 Å².